The first-order valence-electron chi connectivity index (χ1n) is 10.5. The van der Waals surface area contributed by atoms with Crippen LogP contribution in [-0.2, 0) is 17.8 Å². The molecule has 4 rings (SSSR count). The Bertz CT molecular complexity index is 1010. The van der Waals surface area contributed by atoms with E-state index in [1.165, 1.54) is 5.56 Å². The van der Waals surface area contributed by atoms with E-state index in [-0.39, 0.29) is 12.3 Å². The van der Waals surface area contributed by atoms with Crippen molar-refractivity contribution >= 4 is 22.9 Å². The van der Waals surface area contributed by atoms with E-state index in [2.05, 4.69) is 46.4 Å². The van der Waals surface area contributed by atoms with Gasteiger partial charge in [0.1, 0.15) is 10.8 Å². The van der Waals surface area contributed by atoms with E-state index in [1.807, 2.05) is 29.6 Å². The lowest BCUT2D eigenvalue weighted by atomic mass is 10.1. The SMILES string of the molecule is COc1ccc(NC(=O)Cc2csc(-c3cccc(CN4CCN(C)CC4)c3)n2)cc1. The van der Waals surface area contributed by atoms with Crippen LogP contribution >= 0.6 is 11.3 Å². The second-order valence-electron chi connectivity index (χ2n) is 7.88. The van der Waals surface area contributed by atoms with E-state index in [9.17, 15) is 4.79 Å². The van der Waals surface area contributed by atoms with Gasteiger partial charge in [0.05, 0.1) is 19.2 Å². The monoisotopic (exact) mass is 436 g/mol. The molecule has 31 heavy (non-hydrogen) atoms. The molecular formula is C24H28N4O2S. The molecule has 3 aromatic rings. The molecule has 0 bridgehead atoms. The first-order valence-corrected chi connectivity index (χ1v) is 11.4. The third-order valence-electron chi connectivity index (χ3n) is 5.44. The second-order valence-corrected chi connectivity index (χ2v) is 8.74. The zero-order chi connectivity index (χ0) is 21.6. The van der Waals surface area contributed by atoms with Gasteiger partial charge in [-0.15, -0.1) is 11.3 Å². The number of hydrogen-bond donors (Lipinski definition) is 1. The van der Waals surface area contributed by atoms with Crippen LogP contribution in [0.2, 0.25) is 0 Å². The van der Waals surface area contributed by atoms with Crippen LogP contribution in [0.5, 0.6) is 5.75 Å². The molecule has 1 N–H and O–H groups in total. The number of piperazine rings is 1. The number of nitrogens with one attached hydrogen (secondary N) is 1. The van der Waals surface area contributed by atoms with Crippen molar-refractivity contribution in [1.29, 1.82) is 0 Å². The fourth-order valence-corrected chi connectivity index (χ4v) is 4.45. The average Bonchev–Trinajstić information content (AvgIpc) is 3.24. The number of carbonyl (C=O) groups is 1. The van der Waals surface area contributed by atoms with Gasteiger partial charge in [-0.3, -0.25) is 9.69 Å². The second kappa shape index (κ2) is 10.0. The number of likely N-dealkylation sites (N-methyl/N-ethyl adjacent to an activating group) is 1. The summed E-state index contributed by atoms with van der Waals surface area (Å²) in [6, 6.07) is 15.9. The predicted molar refractivity (Wildman–Crippen MR) is 126 cm³/mol. The van der Waals surface area contributed by atoms with Crippen molar-refractivity contribution in [1.82, 2.24) is 14.8 Å². The fourth-order valence-electron chi connectivity index (χ4n) is 3.63. The summed E-state index contributed by atoms with van der Waals surface area (Å²) in [6.07, 6.45) is 0.253. The minimum absolute atomic E-state index is 0.0779. The number of thiazole rings is 1. The summed E-state index contributed by atoms with van der Waals surface area (Å²) in [6.45, 7) is 5.41. The summed E-state index contributed by atoms with van der Waals surface area (Å²) in [4.78, 5) is 22.0. The van der Waals surface area contributed by atoms with Crippen LogP contribution in [0.25, 0.3) is 10.6 Å². The number of nitrogens with zero attached hydrogens (tertiary/aromatic N) is 3. The number of methoxy groups -OCH3 is 1. The number of anilines is 1. The molecule has 0 saturated carbocycles. The smallest absolute Gasteiger partial charge is 0.230 e. The summed E-state index contributed by atoms with van der Waals surface area (Å²) in [5.41, 5.74) is 3.95. The highest BCUT2D eigenvalue weighted by Crippen LogP contribution is 2.25. The topological polar surface area (TPSA) is 57.7 Å². The molecule has 1 aliphatic rings. The Kier molecular flexibility index (Phi) is 6.96. The van der Waals surface area contributed by atoms with Gasteiger partial charge in [0.2, 0.25) is 5.91 Å². The van der Waals surface area contributed by atoms with E-state index in [0.717, 1.165) is 60.4 Å². The summed E-state index contributed by atoms with van der Waals surface area (Å²) in [5, 5.41) is 5.83. The van der Waals surface area contributed by atoms with Gasteiger partial charge in [-0.2, -0.15) is 0 Å². The number of aromatic nitrogens is 1. The van der Waals surface area contributed by atoms with E-state index in [0.29, 0.717) is 0 Å². The summed E-state index contributed by atoms with van der Waals surface area (Å²) < 4.78 is 5.14. The zero-order valence-corrected chi connectivity index (χ0v) is 18.8. The normalized spacial score (nSPS) is 15.0. The van der Waals surface area contributed by atoms with Crippen molar-refractivity contribution < 1.29 is 9.53 Å². The molecule has 0 atom stereocenters. The predicted octanol–water partition coefficient (Wildman–Crippen LogP) is 3.75. The highest BCUT2D eigenvalue weighted by Gasteiger charge is 2.15. The molecule has 1 amide bonds. The highest BCUT2D eigenvalue weighted by atomic mass is 32.1. The van der Waals surface area contributed by atoms with Crippen LogP contribution in [0.15, 0.2) is 53.9 Å². The molecular weight excluding hydrogens is 408 g/mol. The van der Waals surface area contributed by atoms with Gasteiger partial charge in [-0.05, 0) is 42.9 Å². The van der Waals surface area contributed by atoms with Gasteiger partial charge in [0, 0.05) is 49.4 Å². The maximum absolute atomic E-state index is 12.4. The van der Waals surface area contributed by atoms with Crippen molar-refractivity contribution in [3.63, 3.8) is 0 Å². The van der Waals surface area contributed by atoms with Gasteiger partial charge in [0.25, 0.3) is 0 Å². The molecule has 2 heterocycles. The van der Waals surface area contributed by atoms with Gasteiger partial charge in [-0.1, -0.05) is 18.2 Å². The molecule has 6 nitrogen and oxygen atoms in total. The van der Waals surface area contributed by atoms with Crippen molar-refractivity contribution in [2.45, 2.75) is 13.0 Å². The Hall–Kier alpha value is -2.74. The number of carbonyl (C=O) groups excluding carboxylic acids is 1. The lowest BCUT2D eigenvalue weighted by molar-refractivity contribution is -0.115. The van der Waals surface area contributed by atoms with Crippen LogP contribution in [0.1, 0.15) is 11.3 Å². The lowest BCUT2D eigenvalue weighted by Gasteiger charge is -2.32. The maximum Gasteiger partial charge on any atom is 0.230 e. The van der Waals surface area contributed by atoms with Crippen LogP contribution in [0.3, 0.4) is 0 Å². The standard InChI is InChI=1S/C24H28N4O2S/c1-27-10-12-28(13-11-27)16-18-4-3-5-19(14-18)24-26-21(17-31-24)15-23(29)25-20-6-8-22(30-2)9-7-20/h3-9,14,17H,10-13,15-16H2,1-2H3,(H,25,29). The van der Waals surface area contributed by atoms with Gasteiger partial charge in [0.15, 0.2) is 0 Å². The van der Waals surface area contributed by atoms with Crippen LogP contribution < -0.4 is 10.1 Å². The number of ether oxygens (including phenoxy) is 1. The molecule has 1 aromatic heterocycles. The molecule has 1 fully saturated rings. The lowest BCUT2D eigenvalue weighted by Crippen LogP contribution is -2.43. The highest BCUT2D eigenvalue weighted by molar-refractivity contribution is 7.13. The van der Waals surface area contributed by atoms with Crippen LogP contribution in [0.4, 0.5) is 5.69 Å². The fraction of sp³-hybridized carbons (Fsp3) is 0.333. The van der Waals surface area contributed by atoms with Crippen molar-refractivity contribution in [2.24, 2.45) is 0 Å². The molecule has 7 heteroatoms. The summed E-state index contributed by atoms with van der Waals surface area (Å²) in [7, 11) is 3.80. The quantitative estimate of drug-likeness (QED) is 0.611. The first-order chi connectivity index (χ1) is 15.1. The number of amides is 1. The molecule has 1 aliphatic heterocycles. The van der Waals surface area contributed by atoms with E-state index < -0.39 is 0 Å². The summed E-state index contributed by atoms with van der Waals surface area (Å²) in [5.74, 6) is 0.683. The van der Waals surface area contributed by atoms with Gasteiger partial charge in [-0.25, -0.2) is 4.98 Å². The average molecular weight is 437 g/mol. The Morgan fingerprint density at radius 2 is 1.90 bits per heavy atom. The Balaban J connectivity index is 1.36. The van der Waals surface area contributed by atoms with Gasteiger partial charge < -0.3 is 15.0 Å². The molecule has 0 unspecified atom stereocenters. The zero-order valence-electron chi connectivity index (χ0n) is 18.0. The van der Waals surface area contributed by atoms with Crippen molar-refractivity contribution in [3.8, 4) is 16.3 Å². The van der Waals surface area contributed by atoms with E-state index in [4.69, 9.17) is 9.72 Å². The van der Waals surface area contributed by atoms with E-state index in [1.54, 1.807) is 18.4 Å². The maximum atomic E-state index is 12.4. The Morgan fingerprint density at radius 3 is 2.65 bits per heavy atom. The third kappa shape index (κ3) is 5.91. The molecule has 0 aliphatic carbocycles. The molecule has 2 aromatic carbocycles. The van der Waals surface area contributed by atoms with Crippen molar-refractivity contribution in [3.05, 3.63) is 65.2 Å². The molecule has 1 saturated heterocycles. The Labute approximate surface area is 187 Å². The van der Waals surface area contributed by atoms with Crippen LogP contribution in [0, 0.1) is 0 Å². The first kappa shape index (κ1) is 21.5. The molecule has 162 valence electrons. The Morgan fingerprint density at radius 1 is 1.13 bits per heavy atom. The number of benzene rings is 2. The number of rotatable bonds is 7. The third-order valence-corrected chi connectivity index (χ3v) is 6.38. The largest absolute Gasteiger partial charge is 0.497 e. The minimum Gasteiger partial charge on any atom is -0.497 e. The van der Waals surface area contributed by atoms with Gasteiger partial charge >= 0.3 is 0 Å². The van der Waals surface area contributed by atoms with Crippen LogP contribution in [-0.4, -0.2) is 61.0 Å². The molecule has 0 radical (unpaired) electrons. The van der Waals surface area contributed by atoms with E-state index >= 15 is 0 Å². The minimum atomic E-state index is -0.0779. The molecule has 0 spiro atoms. The number of hydrogen-bond acceptors (Lipinski definition) is 6. The van der Waals surface area contributed by atoms with Crippen molar-refractivity contribution in [2.75, 3.05) is 45.7 Å². The summed E-state index contributed by atoms with van der Waals surface area (Å²) >= 11 is 1.58.